The smallest absolute Gasteiger partial charge is 0.165 e. The van der Waals surface area contributed by atoms with Crippen LogP contribution in [0.25, 0.3) is 0 Å². The first-order chi connectivity index (χ1) is 9.20. The molecule has 100 valence electrons. The van der Waals surface area contributed by atoms with E-state index in [0.29, 0.717) is 18.7 Å². The molecule has 0 amide bonds. The third kappa shape index (κ3) is 3.53. The molecule has 0 spiro atoms. The van der Waals surface area contributed by atoms with E-state index in [1.165, 1.54) is 6.07 Å². The first kappa shape index (κ1) is 13.5. The number of nitrogens with one attached hydrogen (secondary N) is 1. The van der Waals surface area contributed by atoms with Gasteiger partial charge in [0.05, 0.1) is 6.61 Å². The van der Waals surface area contributed by atoms with E-state index < -0.39 is 5.82 Å². The van der Waals surface area contributed by atoms with Gasteiger partial charge in [-0.15, -0.1) is 0 Å². The lowest BCUT2D eigenvalue weighted by Crippen LogP contribution is -2.13. The number of hydrogen-bond donors (Lipinski definition) is 3. The van der Waals surface area contributed by atoms with Crippen LogP contribution in [-0.2, 0) is 19.7 Å². The van der Waals surface area contributed by atoms with Gasteiger partial charge in [-0.1, -0.05) is 36.4 Å². The van der Waals surface area contributed by atoms with Gasteiger partial charge in [0.1, 0.15) is 0 Å². The molecule has 0 bridgehead atoms. The van der Waals surface area contributed by atoms with Crippen LogP contribution >= 0.6 is 0 Å². The van der Waals surface area contributed by atoms with E-state index in [1.54, 1.807) is 12.1 Å². The molecular formula is C15H16FNO2. The van der Waals surface area contributed by atoms with Crippen LogP contribution in [0.15, 0.2) is 42.5 Å². The fourth-order valence-electron chi connectivity index (χ4n) is 1.81. The van der Waals surface area contributed by atoms with E-state index in [-0.39, 0.29) is 12.4 Å². The lowest BCUT2D eigenvalue weighted by Gasteiger charge is -2.08. The monoisotopic (exact) mass is 261 g/mol. The average Bonchev–Trinajstić information content (AvgIpc) is 2.44. The molecule has 0 saturated carbocycles. The van der Waals surface area contributed by atoms with Gasteiger partial charge in [-0.25, -0.2) is 4.39 Å². The molecule has 0 fully saturated rings. The minimum atomic E-state index is -0.605. The van der Waals surface area contributed by atoms with Crippen LogP contribution in [0.3, 0.4) is 0 Å². The van der Waals surface area contributed by atoms with Gasteiger partial charge < -0.3 is 15.5 Å². The molecule has 0 radical (unpaired) electrons. The number of phenols is 1. The van der Waals surface area contributed by atoms with Crippen molar-refractivity contribution in [2.75, 3.05) is 0 Å². The van der Waals surface area contributed by atoms with Crippen molar-refractivity contribution >= 4 is 0 Å². The zero-order chi connectivity index (χ0) is 13.7. The highest BCUT2D eigenvalue weighted by Gasteiger charge is 2.05. The molecule has 0 heterocycles. The number of rotatable bonds is 5. The van der Waals surface area contributed by atoms with Crippen LogP contribution in [0.1, 0.15) is 16.7 Å². The van der Waals surface area contributed by atoms with E-state index in [0.717, 1.165) is 11.1 Å². The highest BCUT2D eigenvalue weighted by Crippen LogP contribution is 2.20. The summed E-state index contributed by atoms with van der Waals surface area (Å²) in [6.07, 6.45) is 0. The summed E-state index contributed by atoms with van der Waals surface area (Å²) in [7, 11) is 0. The van der Waals surface area contributed by atoms with E-state index in [4.69, 9.17) is 5.11 Å². The van der Waals surface area contributed by atoms with Gasteiger partial charge in [0.25, 0.3) is 0 Å². The first-order valence-corrected chi connectivity index (χ1v) is 6.06. The van der Waals surface area contributed by atoms with Crippen molar-refractivity contribution in [3.63, 3.8) is 0 Å². The minimum absolute atomic E-state index is 0.0326. The lowest BCUT2D eigenvalue weighted by atomic mass is 10.1. The third-order valence-corrected chi connectivity index (χ3v) is 2.92. The predicted octanol–water partition coefficient (Wildman–Crippen LogP) is 2.31. The first-order valence-electron chi connectivity index (χ1n) is 6.06. The molecule has 3 N–H and O–H groups in total. The molecule has 0 saturated heterocycles. The Bertz CT molecular complexity index is 540. The van der Waals surface area contributed by atoms with Crippen molar-refractivity contribution in [2.45, 2.75) is 19.7 Å². The summed E-state index contributed by atoms with van der Waals surface area (Å²) in [6.45, 7) is 1.04. The molecule has 2 aromatic carbocycles. The Hall–Kier alpha value is -1.91. The van der Waals surface area contributed by atoms with Gasteiger partial charge >= 0.3 is 0 Å². The molecule has 4 heteroatoms. The van der Waals surface area contributed by atoms with Crippen molar-refractivity contribution in [3.8, 4) is 5.75 Å². The Morgan fingerprint density at radius 1 is 0.947 bits per heavy atom. The van der Waals surface area contributed by atoms with Crippen LogP contribution in [-0.4, -0.2) is 10.2 Å². The second-order valence-electron chi connectivity index (χ2n) is 4.33. The Balaban J connectivity index is 1.90. The number of benzene rings is 2. The summed E-state index contributed by atoms with van der Waals surface area (Å²) in [5.41, 5.74) is 2.46. The standard InChI is InChI=1S/C15H16FNO2/c16-14-3-1-2-13(15(14)19)9-17-8-11-4-6-12(10-18)7-5-11/h1-7,17-19H,8-10H2. The van der Waals surface area contributed by atoms with E-state index in [9.17, 15) is 9.50 Å². The summed E-state index contributed by atoms with van der Waals surface area (Å²) in [4.78, 5) is 0. The lowest BCUT2D eigenvalue weighted by molar-refractivity contribution is 0.282. The number of phenolic OH excluding ortho intramolecular Hbond substituents is 1. The number of hydrogen-bond acceptors (Lipinski definition) is 3. The number of para-hydroxylation sites is 1. The quantitative estimate of drug-likeness (QED) is 0.774. The summed E-state index contributed by atoms with van der Waals surface area (Å²) in [5, 5.41) is 21.6. The predicted molar refractivity (Wildman–Crippen MR) is 71.0 cm³/mol. The van der Waals surface area contributed by atoms with Gasteiger partial charge in [0, 0.05) is 18.7 Å². The molecular weight excluding hydrogens is 245 g/mol. The van der Waals surface area contributed by atoms with Crippen molar-refractivity contribution < 1.29 is 14.6 Å². The molecule has 0 aromatic heterocycles. The van der Waals surface area contributed by atoms with E-state index >= 15 is 0 Å². The van der Waals surface area contributed by atoms with Crippen LogP contribution in [0.4, 0.5) is 4.39 Å². The van der Waals surface area contributed by atoms with E-state index in [1.807, 2.05) is 24.3 Å². The average molecular weight is 261 g/mol. The summed E-state index contributed by atoms with van der Waals surface area (Å²) >= 11 is 0. The molecule has 0 unspecified atom stereocenters. The van der Waals surface area contributed by atoms with Crippen molar-refractivity contribution in [1.82, 2.24) is 5.32 Å². The van der Waals surface area contributed by atoms with Gasteiger partial charge in [-0.2, -0.15) is 0 Å². The largest absolute Gasteiger partial charge is 0.505 e. The summed E-state index contributed by atoms with van der Waals surface area (Å²) in [5.74, 6) is -0.905. The fraction of sp³-hybridized carbons (Fsp3) is 0.200. The highest BCUT2D eigenvalue weighted by atomic mass is 19.1. The van der Waals surface area contributed by atoms with Crippen molar-refractivity contribution in [1.29, 1.82) is 0 Å². The van der Waals surface area contributed by atoms with Gasteiger partial charge in [0.15, 0.2) is 11.6 Å². The topological polar surface area (TPSA) is 52.5 Å². The number of halogens is 1. The molecule has 0 aliphatic carbocycles. The zero-order valence-corrected chi connectivity index (χ0v) is 10.4. The molecule has 0 aliphatic heterocycles. The number of aromatic hydroxyl groups is 1. The van der Waals surface area contributed by atoms with E-state index in [2.05, 4.69) is 5.32 Å². The highest BCUT2D eigenvalue weighted by molar-refractivity contribution is 5.33. The van der Waals surface area contributed by atoms with Crippen LogP contribution < -0.4 is 5.32 Å². The Morgan fingerprint density at radius 3 is 2.32 bits per heavy atom. The molecule has 2 rings (SSSR count). The molecule has 19 heavy (non-hydrogen) atoms. The fourth-order valence-corrected chi connectivity index (χ4v) is 1.81. The molecule has 0 aliphatic rings. The van der Waals surface area contributed by atoms with Crippen LogP contribution in [0.5, 0.6) is 5.75 Å². The second kappa shape index (κ2) is 6.31. The maximum Gasteiger partial charge on any atom is 0.165 e. The number of aliphatic hydroxyl groups excluding tert-OH is 1. The number of aliphatic hydroxyl groups is 1. The van der Waals surface area contributed by atoms with Gasteiger partial charge in [-0.05, 0) is 17.2 Å². The zero-order valence-electron chi connectivity index (χ0n) is 10.4. The van der Waals surface area contributed by atoms with Crippen LogP contribution in [0.2, 0.25) is 0 Å². The minimum Gasteiger partial charge on any atom is -0.505 e. The van der Waals surface area contributed by atoms with Crippen molar-refractivity contribution in [2.24, 2.45) is 0 Å². The third-order valence-electron chi connectivity index (χ3n) is 2.92. The summed E-state index contributed by atoms with van der Waals surface area (Å²) in [6, 6.07) is 12.0. The van der Waals surface area contributed by atoms with Gasteiger partial charge in [0.2, 0.25) is 0 Å². The van der Waals surface area contributed by atoms with Crippen LogP contribution in [0, 0.1) is 5.82 Å². The second-order valence-corrected chi connectivity index (χ2v) is 4.33. The maximum atomic E-state index is 13.1. The Kier molecular flexibility index (Phi) is 4.49. The summed E-state index contributed by atoms with van der Waals surface area (Å²) < 4.78 is 13.1. The SMILES string of the molecule is OCc1ccc(CNCc2cccc(F)c2O)cc1. The molecule has 0 atom stereocenters. The normalized spacial score (nSPS) is 10.6. The maximum absolute atomic E-state index is 13.1. The molecule has 3 nitrogen and oxygen atoms in total. The van der Waals surface area contributed by atoms with Crippen molar-refractivity contribution in [3.05, 3.63) is 65.0 Å². The van der Waals surface area contributed by atoms with Gasteiger partial charge in [-0.3, -0.25) is 0 Å². The molecule has 2 aromatic rings. The Morgan fingerprint density at radius 2 is 1.63 bits per heavy atom. The Labute approximate surface area is 111 Å².